The molecule has 0 unspecified atom stereocenters. The molecule has 1 aromatic carbocycles. The van der Waals surface area contributed by atoms with Crippen LogP contribution in [0.25, 0.3) is 22.2 Å². The first kappa shape index (κ1) is 16.3. The highest BCUT2D eigenvalue weighted by molar-refractivity contribution is 5.94. The second kappa shape index (κ2) is 6.71. The van der Waals surface area contributed by atoms with E-state index >= 15 is 0 Å². The second-order valence-corrected chi connectivity index (χ2v) is 6.99. The van der Waals surface area contributed by atoms with Crippen molar-refractivity contribution in [3.63, 3.8) is 0 Å². The number of hydrogen-bond donors (Lipinski definition) is 3. The van der Waals surface area contributed by atoms with Crippen LogP contribution in [0, 0.1) is 0 Å². The molecule has 5 rings (SSSR count). The Hall–Kier alpha value is -2.84. The zero-order chi connectivity index (χ0) is 18.2. The summed E-state index contributed by atoms with van der Waals surface area (Å²) in [6.45, 7) is 3.52. The van der Waals surface area contributed by atoms with E-state index in [1.807, 2.05) is 18.3 Å². The number of aromatic nitrogens is 4. The smallest absolute Gasteiger partial charge is 0.243 e. The predicted octanol–water partition coefficient (Wildman–Crippen LogP) is 1.29. The molecule has 2 aliphatic heterocycles. The van der Waals surface area contributed by atoms with Gasteiger partial charge in [-0.25, -0.2) is 15.0 Å². The van der Waals surface area contributed by atoms with E-state index in [0.29, 0.717) is 5.95 Å². The van der Waals surface area contributed by atoms with Crippen LogP contribution >= 0.6 is 0 Å². The van der Waals surface area contributed by atoms with Crippen LogP contribution in [-0.2, 0) is 17.9 Å². The zero-order valence-electron chi connectivity index (χ0n) is 14.9. The summed E-state index contributed by atoms with van der Waals surface area (Å²) >= 11 is 0. The Morgan fingerprint density at radius 1 is 1.22 bits per heavy atom. The van der Waals surface area contributed by atoms with E-state index in [2.05, 4.69) is 41.5 Å². The van der Waals surface area contributed by atoms with Gasteiger partial charge in [-0.2, -0.15) is 0 Å². The highest BCUT2D eigenvalue weighted by Gasteiger charge is 2.22. The van der Waals surface area contributed by atoms with E-state index < -0.39 is 0 Å². The van der Waals surface area contributed by atoms with Gasteiger partial charge in [0.05, 0.1) is 30.0 Å². The lowest BCUT2D eigenvalue weighted by Crippen LogP contribution is -2.35. The number of benzene rings is 1. The van der Waals surface area contributed by atoms with Gasteiger partial charge in [-0.05, 0) is 25.5 Å². The molecule has 1 atom stereocenters. The average Bonchev–Trinajstić information content (AvgIpc) is 3.37. The van der Waals surface area contributed by atoms with Crippen molar-refractivity contribution in [1.29, 1.82) is 0 Å². The number of carbonyl (C=O) groups is 1. The van der Waals surface area contributed by atoms with Gasteiger partial charge in [0.1, 0.15) is 5.82 Å². The van der Waals surface area contributed by atoms with Crippen LogP contribution in [0.15, 0.2) is 30.6 Å². The van der Waals surface area contributed by atoms with Gasteiger partial charge < -0.3 is 15.2 Å². The average molecular weight is 363 g/mol. The summed E-state index contributed by atoms with van der Waals surface area (Å²) in [4.78, 5) is 25.7. The van der Waals surface area contributed by atoms with Gasteiger partial charge in [-0.1, -0.05) is 12.1 Å². The minimum Gasteiger partial charge on any atom is -0.326 e. The Bertz CT molecular complexity index is 1010. The molecule has 0 radical (unpaired) electrons. The maximum absolute atomic E-state index is 12.3. The molecular weight excluding hydrogens is 342 g/mol. The molecule has 1 saturated heterocycles. The fourth-order valence-electron chi connectivity index (χ4n) is 3.77. The Kier molecular flexibility index (Phi) is 4.06. The fourth-order valence-corrected chi connectivity index (χ4v) is 3.77. The van der Waals surface area contributed by atoms with Gasteiger partial charge in [0.15, 0.2) is 0 Å². The summed E-state index contributed by atoms with van der Waals surface area (Å²) < 4.78 is 2.24. The van der Waals surface area contributed by atoms with Gasteiger partial charge in [0.25, 0.3) is 0 Å². The third kappa shape index (κ3) is 3.07. The zero-order valence-corrected chi connectivity index (χ0v) is 14.9. The first-order valence-electron chi connectivity index (χ1n) is 9.34. The SMILES string of the molecule is O=C(Nc1ncc2ccc(-c3cnc4n3CCNC4)cc2n1)[C@H]1CCCN1. The summed E-state index contributed by atoms with van der Waals surface area (Å²) in [5, 5.41) is 10.3. The summed E-state index contributed by atoms with van der Waals surface area (Å²) in [5.74, 6) is 1.33. The molecule has 0 bridgehead atoms. The van der Waals surface area contributed by atoms with E-state index in [1.54, 1.807) is 6.20 Å². The molecule has 0 spiro atoms. The molecule has 0 aliphatic carbocycles. The second-order valence-electron chi connectivity index (χ2n) is 6.99. The molecule has 4 heterocycles. The van der Waals surface area contributed by atoms with E-state index in [-0.39, 0.29) is 11.9 Å². The number of fused-ring (bicyclic) bond motifs is 2. The van der Waals surface area contributed by atoms with Crippen LogP contribution in [0.3, 0.4) is 0 Å². The van der Waals surface area contributed by atoms with Crippen molar-refractivity contribution in [2.45, 2.75) is 32.0 Å². The third-order valence-electron chi connectivity index (χ3n) is 5.22. The maximum Gasteiger partial charge on any atom is 0.243 e. The Balaban J connectivity index is 1.46. The van der Waals surface area contributed by atoms with Crippen molar-refractivity contribution in [3.8, 4) is 11.3 Å². The molecule has 3 aromatic rings. The molecule has 2 aliphatic rings. The van der Waals surface area contributed by atoms with Crippen molar-refractivity contribution in [2.24, 2.45) is 0 Å². The van der Waals surface area contributed by atoms with Crippen LogP contribution < -0.4 is 16.0 Å². The van der Waals surface area contributed by atoms with E-state index in [9.17, 15) is 4.79 Å². The first-order chi connectivity index (χ1) is 13.3. The molecule has 0 saturated carbocycles. The van der Waals surface area contributed by atoms with Crippen LogP contribution in [0.2, 0.25) is 0 Å². The molecule has 2 aromatic heterocycles. The lowest BCUT2D eigenvalue weighted by Gasteiger charge is -2.17. The first-order valence-corrected chi connectivity index (χ1v) is 9.34. The molecule has 3 N–H and O–H groups in total. The summed E-state index contributed by atoms with van der Waals surface area (Å²) in [6.07, 6.45) is 5.54. The number of amides is 1. The van der Waals surface area contributed by atoms with Crippen molar-refractivity contribution < 1.29 is 4.79 Å². The molecule has 1 fully saturated rings. The quantitative estimate of drug-likeness (QED) is 0.649. The van der Waals surface area contributed by atoms with Crippen LogP contribution in [0.5, 0.6) is 0 Å². The van der Waals surface area contributed by atoms with Crippen LogP contribution in [-0.4, -0.2) is 44.6 Å². The van der Waals surface area contributed by atoms with E-state index in [1.165, 1.54) is 0 Å². The Morgan fingerprint density at radius 2 is 2.19 bits per heavy atom. The molecule has 1 amide bonds. The number of imidazole rings is 1. The standard InChI is InChI=1S/C19H21N7O/c27-18(14-2-1-5-21-14)25-19-23-9-13-4-3-12(8-15(13)24-19)16-10-22-17-11-20-6-7-26(16)17/h3-4,8-10,14,20-21H,1-2,5-7,11H2,(H,23,24,25,27)/t14-/m1/s1. The van der Waals surface area contributed by atoms with Crippen molar-refractivity contribution in [1.82, 2.24) is 30.2 Å². The van der Waals surface area contributed by atoms with E-state index in [4.69, 9.17) is 0 Å². The molecule has 138 valence electrons. The molecule has 8 nitrogen and oxygen atoms in total. The lowest BCUT2D eigenvalue weighted by atomic mass is 10.1. The topological polar surface area (TPSA) is 96.8 Å². The minimum absolute atomic E-state index is 0.0691. The summed E-state index contributed by atoms with van der Waals surface area (Å²) in [6, 6.07) is 5.96. The highest BCUT2D eigenvalue weighted by atomic mass is 16.2. The van der Waals surface area contributed by atoms with Crippen molar-refractivity contribution in [3.05, 3.63) is 36.4 Å². The number of anilines is 1. The fraction of sp³-hybridized carbons (Fsp3) is 0.368. The van der Waals surface area contributed by atoms with Crippen molar-refractivity contribution in [2.75, 3.05) is 18.4 Å². The third-order valence-corrected chi connectivity index (χ3v) is 5.22. The van der Waals surface area contributed by atoms with Crippen molar-refractivity contribution >= 4 is 22.8 Å². The largest absolute Gasteiger partial charge is 0.326 e. The van der Waals surface area contributed by atoms with Crippen LogP contribution in [0.4, 0.5) is 5.95 Å². The molecule has 27 heavy (non-hydrogen) atoms. The number of nitrogens with one attached hydrogen (secondary N) is 3. The van der Waals surface area contributed by atoms with Gasteiger partial charge in [0, 0.05) is 30.2 Å². The number of rotatable bonds is 3. The lowest BCUT2D eigenvalue weighted by molar-refractivity contribution is -0.117. The number of hydrogen-bond acceptors (Lipinski definition) is 6. The van der Waals surface area contributed by atoms with Gasteiger partial charge in [0.2, 0.25) is 11.9 Å². The normalized spacial score (nSPS) is 19.2. The maximum atomic E-state index is 12.3. The molecule has 8 heteroatoms. The highest BCUT2D eigenvalue weighted by Crippen LogP contribution is 2.25. The Morgan fingerprint density at radius 3 is 3.07 bits per heavy atom. The minimum atomic E-state index is -0.150. The van der Waals surface area contributed by atoms with Gasteiger partial charge in [-0.15, -0.1) is 0 Å². The molecular formula is C19H21N7O. The summed E-state index contributed by atoms with van der Waals surface area (Å²) in [5.41, 5.74) is 2.96. The van der Waals surface area contributed by atoms with Crippen LogP contribution in [0.1, 0.15) is 18.7 Å². The number of nitrogens with zero attached hydrogens (tertiary/aromatic N) is 4. The Labute approximate surface area is 156 Å². The van der Waals surface area contributed by atoms with Gasteiger partial charge in [-0.3, -0.25) is 10.1 Å². The van der Waals surface area contributed by atoms with E-state index in [0.717, 1.165) is 67.0 Å². The predicted molar refractivity (Wildman–Crippen MR) is 102 cm³/mol. The number of carbonyl (C=O) groups excluding carboxylic acids is 1. The van der Waals surface area contributed by atoms with Gasteiger partial charge >= 0.3 is 0 Å². The summed E-state index contributed by atoms with van der Waals surface area (Å²) in [7, 11) is 0. The monoisotopic (exact) mass is 363 g/mol.